The van der Waals surface area contributed by atoms with Gasteiger partial charge in [0.1, 0.15) is 0 Å². The molecule has 14 heavy (non-hydrogen) atoms. The number of benzene rings is 1. The van der Waals surface area contributed by atoms with E-state index in [0.29, 0.717) is 10.6 Å². The van der Waals surface area contributed by atoms with Crippen LogP contribution in [0.1, 0.15) is 11.6 Å². The summed E-state index contributed by atoms with van der Waals surface area (Å²) in [7, 11) is 0. The van der Waals surface area contributed by atoms with Gasteiger partial charge in [-0.1, -0.05) is 28.8 Å². The summed E-state index contributed by atoms with van der Waals surface area (Å²) in [5, 5.41) is 12.4. The summed E-state index contributed by atoms with van der Waals surface area (Å²) in [5.74, 6) is -1.19. The number of azide groups is 1. The SMILES string of the molecule is [N-]=[N+]=NC(C(=O)O)c1ccc(Cl)cc1. The fourth-order valence-corrected chi connectivity index (χ4v) is 1.08. The van der Waals surface area contributed by atoms with E-state index >= 15 is 0 Å². The molecule has 1 aromatic carbocycles. The van der Waals surface area contributed by atoms with Crippen LogP contribution in [0.4, 0.5) is 0 Å². The first-order valence-electron chi connectivity index (χ1n) is 3.67. The first-order chi connectivity index (χ1) is 6.65. The van der Waals surface area contributed by atoms with Crippen molar-refractivity contribution >= 4 is 17.6 Å². The number of aliphatic carboxylic acids is 1. The van der Waals surface area contributed by atoms with Gasteiger partial charge in [-0.15, -0.1) is 0 Å². The van der Waals surface area contributed by atoms with Gasteiger partial charge in [-0.25, -0.2) is 0 Å². The van der Waals surface area contributed by atoms with Gasteiger partial charge in [-0.05, 0) is 23.2 Å². The monoisotopic (exact) mass is 211 g/mol. The van der Waals surface area contributed by atoms with Crippen LogP contribution in [0, 0.1) is 0 Å². The van der Waals surface area contributed by atoms with Crippen LogP contribution in [-0.4, -0.2) is 11.1 Å². The zero-order valence-electron chi connectivity index (χ0n) is 6.96. The van der Waals surface area contributed by atoms with Crippen LogP contribution >= 0.6 is 11.6 Å². The van der Waals surface area contributed by atoms with Gasteiger partial charge in [-0.3, -0.25) is 4.79 Å². The average molecular weight is 212 g/mol. The van der Waals surface area contributed by atoms with Crippen molar-refractivity contribution in [3.63, 3.8) is 0 Å². The van der Waals surface area contributed by atoms with Crippen molar-refractivity contribution in [3.05, 3.63) is 45.3 Å². The number of carboxylic acid groups (broad SMARTS) is 1. The zero-order valence-corrected chi connectivity index (χ0v) is 7.72. The van der Waals surface area contributed by atoms with E-state index in [9.17, 15) is 4.79 Å². The molecular weight excluding hydrogens is 206 g/mol. The van der Waals surface area contributed by atoms with Crippen LogP contribution in [0.5, 0.6) is 0 Å². The van der Waals surface area contributed by atoms with E-state index in [1.807, 2.05) is 0 Å². The molecular formula is C8H6ClN3O2. The summed E-state index contributed by atoms with van der Waals surface area (Å²) in [6, 6.07) is 4.91. The number of nitrogens with zero attached hydrogens (tertiary/aromatic N) is 3. The molecule has 6 heteroatoms. The molecule has 0 radical (unpaired) electrons. The van der Waals surface area contributed by atoms with Crippen molar-refractivity contribution in [2.75, 3.05) is 0 Å². The minimum absolute atomic E-state index is 0.403. The standard InChI is InChI=1S/C8H6ClN3O2/c9-6-3-1-5(2-4-6)7(8(13)14)11-12-10/h1-4,7H,(H,13,14). The molecule has 0 heterocycles. The second-order valence-electron chi connectivity index (χ2n) is 2.50. The van der Waals surface area contributed by atoms with Crippen molar-refractivity contribution in [2.24, 2.45) is 5.11 Å². The van der Waals surface area contributed by atoms with Crippen LogP contribution in [0.15, 0.2) is 29.4 Å². The minimum atomic E-state index is -1.20. The van der Waals surface area contributed by atoms with Crippen molar-refractivity contribution < 1.29 is 9.90 Å². The molecule has 72 valence electrons. The maximum absolute atomic E-state index is 10.7. The average Bonchev–Trinajstić information content (AvgIpc) is 2.15. The van der Waals surface area contributed by atoms with Gasteiger partial charge >= 0.3 is 5.97 Å². The second-order valence-corrected chi connectivity index (χ2v) is 2.93. The maximum atomic E-state index is 10.7. The number of hydrogen-bond acceptors (Lipinski definition) is 2. The van der Waals surface area contributed by atoms with Gasteiger partial charge in [0.05, 0.1) is 0 Å². The summed E-state index contributed by atoms with van der Waals surface area (Å²) in [6.45, 7) is 0. The molecule has 0 spiro atoms. The van der Waals surface area contributed by atoms with Gasteiger partial charge in [0.25, 0.3) is 0 Å². The highest BCUT2D eigenvalue weighted by Gasteiger charge is 2.17. The van der Waals surface area contributed by atoms with Crippen LogP contribution in [0.25, 0.3) is 10.4 Å². The third-order valence-electron chi connectivity index (χ3n) is 1.59. The quantitative estimate of drug-likeness (QED) is 0.473. The Morgan fingerprint density at radius 3 is 2.50 bits per heavy atom. The lowest BCUT2D eigenvalue weighted by Crippen LogP contribution is -2.07. The van der Waals surface area contributed by atoms with Gasteiger partial charge in [-0.2, -0.15) is 0 Å². The normalized spacial score (nSPS) is 11.5. The molecule has 0 saturated carbocycles. The Kier molecular flexibility index (Phi) is 3.34. The topological polar surface area (TPSA) is 86.1 Å². The summed E-state index contributed by atoms with van der Waals surface area (Å²) in [6.07, 6.45) is 0. The Balaban J connectivity index is 3.05. The molecule has 1 N–H and O–H groups in total. The van der Waals surface area contributed by atoms with E-state index in [4.69, 9.17) is 22.2 Å². The first kappa shape index (κ1) is 10.4. The van der Waals surface area contributed by atoms with E-state index in [1.54, 1.807) is 12.1 Å². The Morgan fingerprint density at radius 1 is 1.50 bits per heavy atom. The Bertz CT molecular complexity index is 382. The molecule has 0 fully saturated rings. The zero-order chi connectivity index (χ0) is 10.6. The molecule has 0 amide bonds. The molecule has 0 aliphatic heterocycles. The molecule has 0 aliphatic rings. The number of hydrogen-bond donors (Lipinski definition) is 1. The number of carboxylic acids is 1. The largest absolute Gasteiger partial charge is 0.481 e. The Morgan fingerprint density at radius 2 is 2.07 bits per heavy atom. The first-order valence-corrected chi connectivity index (χ1v) is 4.05. The fourth-order valence-electron chi connectivity index (χ4n) is 0.955. The second kappa shape index (κ2) is 4.50. The summed E-state index contributed by atoms with van der Waals surface area (Å²) in [4.78, 5) is 13.1. The predicted molar refractivity (Wildman–Crippen MR) is 51.0 cm³/mol. The van der Waals surface area contributed by atoms with E-state index in [1.165, 1.54) is 12.1 Å². The summed E-state index contributed by atoms with van der Waals surface area (Å²) < 4.78 is 0. The lowest BCUT2D eigenvalue weighted by atomic mass is 10.1. The van der Waals surface area contributed by atoms with Gasteiger partial charge < -0.3 is 5.11 Å². The number of rotatable bonds is 3. The molecule has 5 nitrogen and oxygen atoms in total. The highest BCUT2D eigenvalue weighted by molar-refractivity contribution is 6.30. The lowest BCUT2D eigenvalue weighted by molar-refractivity contribution is -0.138. The van der Waals surface area contributed by atoms with E-state index in [0.717, 1.165) is 0 Å². The van der Waals surface area contributed by atoms with Crippen molar-refractivity contribution in [1.29, 1.82) is 0 Å². The highest BCUT2D eigenvalue weighted by atomic mass is 35.5. The minimum Gasteiger partial charge on any atom is -0.481 e. The van der Waals surface area contributed by atoms with Gasteiger partial charge in [0.2, 0.25) is 0 Å². The van der Waals surface area contributed by atoms with Crippen molar-refractivity contribution in [1.82, 2.24) is 0 Å². The predicted octanol–water partition coefficient (Wildman–Crippen LogP) is 2.78. The van der Waals surface area contributed by atoms with E-state index in [-0.39, 0.29) is 0 Å². The van der Waals surface area contributed by atoms with Crippen LogP contribution in [-0.2, 0) is 4.79 Å². The van der Waals surface area contributed by atoms with Gasteiger partial charge in [0.15, 0.2) is 6.04 Å². The van der Waals surface area contributed by atoms with Crippen molar-refractivity contribution in [2.45, 2.75) is 6.04 Å². The molecule has 1 atom stereocenters. The molecule has 1 aromatic rings. The lowest BCUT2D eigenvalue weighted by Gasteiger charge is -2.05. The van der Waals surface area contributed by atoms with E-state index < -0.39 is 12.0 Å². The molecule has 1 rings (SSSR count). The fraction of sp³-hybridized carbons (Fsp3) is 0.125. The molecule has 1 unspecified atom stereocenters. The summed E-state index contributed by atoms with van der Waals surface area (Å²) in [5.41, 5.74) is 8.57. The van der Waals surface area contributed by atoms with Crippen LogP contribution in [0.3, 0.4) is 0 Å². The molecule has 0 bridgehead atoms. The van der Waals surface area contributed by atoms with Crippen molar-refractivity contribution in [3.8, 4) is 0 Å². The molecule has 0 aliphatic carbocycles. The summed E-state index contributed by atoms with van der Waals surface area (Å²) >= 11 is 5.62. The smallest absolute Gasteiger partial charge is 0.316 e. The molecule has 0 saturated heterocycles. The Labute approximate surface area is 84.6 Å². The molecule has 0 aromatic heterocycles. The third-order valence-corrected chi connectivity index (χ3v) is 1.84. The van der Waals surface area contributed by atoms with Gasteiger partial charge in [0, 0.05) is 9.93 Å². The van der Waals surface area contributed by atoms with E-state index in [2.05, 4.69) is 10.0 Å². The van der Waals surface area contributed by atoms with Crippen LogP contribution in [0.2, 0.25) is 5.02 Å². The van der Waals surface area contributed by atoms with Crippen LogP contribution < -0.4 is 0 Å². The third kappa shape index (κ3) is 2.39. The Hall–Kier alpha value is -1.71. The number of carbonyl (C=O) groups is 1. The highest BCUT2D eigenvalue weighted by Crippen LogP contribution is 2.20. The number of halogens is 1. The maximum Gasteiger partial charge on any atom is 0.316 e.